The molecule has 0 spiro atoms. The smallest absolute Gasteiger partial charge is 0.423 e. The molecule has 0 bridgehead atoms. The number of hydrogen-bond acceptors (Lipinski definition) is 2. The van der Waals surface area contributed by atoms with E-state index in [1.165, 1.54) is 0 Å². The number of alkyl halides is 3. The molecule has 0 saturated carbocycles. The summed E-state index contributed by atoms with van der Waals surface area (Å²) in [5.74, 6) is 1.75. The minimum absolute atomic E-state index is 0.0582. The van der Waals surface area contributed by atoms with Crippen molar-refractivity contribution in [1.82, 2.24) is 4.90 Å². The molecule has 1 amide bonds. The molecule has 0 N–H and O–H groups in total. The first-order chi connectivity index (χ1) is 9.90. The van der Waals surface area contributed by atoms with E-state index in [1.807, 2.05) is 0 Å². The maximum absolute atomic E-state index is 13.2. The van der Waals surface area contributed by atoms with Gasteiger partial charge in [0.05, 0.1) is 0 Å². The minimum atomic E-state index is -4.68. The Balaban J connectivity index is 2.10. The molecule has 3 nitrogen and oxygen atoms in total. The molecule has 0 aromatic heterocycles. The van der Waals surface area contributed by atoms with E-state index in [9.17, 15) is 18.0 Å². The molecule has 1 saturated heterocycles. The molecule has 1 aliphatic heterocycles. The van der Waals surface area contributed by atoms with Gasteiger partial charge in [-0.15, -0.1) is 6.42 Å². The zero-order valence-electron chi connectivity index (χ0n) is 11.2. The number of amides is 1. The second-order valence-corrected chi connectivity index (χ2v) is 4.80. The van der Waals surface area contributed by atoms with Crippen LogP contribution in [0.2, 0.25) is 0 Å². The second kappa shape index (κ2) is 5.68. The molecule has 1 aromatic rings. The van der Waals surface area contributed by atoms with Crippen molar-refractivity contribution in [3.8, 4) is 12.3 Å². The quantitative estimate of drug-likeness (QED) is 0.783. The second-order valence-electron chi connectivity index (χ2n) is 4.80. The van der Waals surface area contributed by atoms with E-state index < -0.39 is 17.8 Å². The lowest BCUT2D eigenvalue weighted by molar-refractivity contribution is -0.197. The molecule has 21 heavy (non-hydrogen) atoms. The average molecular weight is 297 g/mol. The number of hydrogen-bond donors (Lipinski definition) is 0. The third-order valence-corrected chi connectivity index (χ3v) is 3.51. The fourth-order valence-electron chi connectivity index (χ4n) is 2.39. The highest BCUT2D eigenvalue weighted by Crippen LogP contribution is 2.43. The third-order valence-electron chi connectivity index (χ3n) is 3.51. The van der Waals surface area contributed by atoms with Crippen LogP contribution >= 0.6 is 0 Å². The lowest BCUT2D eigenvalue weighted by atomic mass is 9.97. The fraction of sp³-hybridized carbons (Fsp3) is 0.400. The summed E-state index contributed by atoms with van der Waals surface area (Å²) < 4.78 is 44.5. The SMILES string of the molecule is C#C[C@]1(C(F)(F)F)CCCN1C(=O)OCc1ccccc1. The van der Waals surface area contributed by atoms with Crippen LogP contribution in [0.4, 0.5) is 18.0 Å². The molecular formula is C15H14F3NO2. The third kappa shape index (κ3) is 2.82. The van der Waals surface area contributed by atoms with E-state index in [0.717, 1.165) is 0 Å². The van der Waals surface area contributed by atoms with Crippen LogP contribution < -0.4 is 0 Å². The van der Waals surface area contributed by atoms with Crippen molar-refractivity contribution in [2.75, 3.05) is 6.54 Å². The van der Waals surface area contributed by atoms with Crippen LogP contribution in [0.3, 0.4) is 0 Å². The van der Waals surface area contributed by atoms with E-state index in [1.54, 1.807) is 36.3 Å². The molecule has 0 unspecified atom stereocenters. The zero-order chi connectivity index (χ0) is 15.5. The number of halogens is 3. The lowest BCUT2D eigenvalue weighted by Crippen LogP contribution is -2.56. The Morgan fingerprint density at radius 3 is 2.62 bits per heavy atom. The van der Waals surface area contributed by atoms with Gasteiger partial charge in [-0.05, 0) is 18.4 Å². The number of nitrogens with zero attached hydrogens (tertiary/aromatic N) is 1. The van der Waals surface area contributed by atoms with E-state index in [4.69, 9.17) is 11.2 Å². The normalized spacial score (nSPS) is 21.9. The van der Waals surface area contributed by atoms with Crippen molar-refractivity contribution in [1.29, 1.82) is 0 Å². The molecule has 0 radical (unpaired) electrons. The number of carbonyl (C=O) groups excluding carboxylic acids is 1. The van der Waals surface area contributed by atoms with Crippen LogP contribution in [-0.4, -0.2) is 29.3 Å². The van der Waals surface area contributed by atoms with Crippen LogP contribution in [0, 0.1) is 12.3 Å². The topological polar surface area (TPSA) is 29.5 Å². The predicted octanol–water partition coefficient (Wildman–Crippen LogP) is 3.35. The molecule has 1 aliphatic rings. The lowest BCUT2D eigenvalue weighted by Gasteiger charge is -2.34. The Kier molecular flexibility index (Phi) is 4.12. The van der Waals surface area contributed by atoms with E-state index in [-0.39, 0.29) is 26.0 Å². The summed E-state index contributed by atoms with van der Waals surface area (Å²) in [5.41, 5.74) is -1.86. The van der Waals surface area contributed by atoms with Crippen LogP contribution in [-0.2, 0) is 11.3 Å². The average Bonchev–Trinajstić information content (AvgIpc) is 2.91. The first kappa shape index (κ1) is 15.2. The van der Waals surface area contributed by atoms with Crippen molar-refractivity contribution in [2.45, 2.75) is 31.2 Å². The van der Waals surface area contributed by atoms with Crippen LogP contribution in [0.15, 0.2) is 30.3 Å². The molecule has 1 aromatic carbocycles. The standard InChI is InChI=1S/C15H14F3NO2/c1-2-14(15(16,17)18)9-6-10-19(14)13(20)21-11-12-7-4-3-5-8-12/h1,3-5,7-8H,6,9-11H2/t14-/m1/s1. The highest BCUT2D eigenvalue weighted by Gasteiger charge is 2.61. The number of terminal acetylenes is 1. The van der Waals surface area contributed by atoms with Crippen molar-refractivity contribution in [3.05, 3.63) is 35.9 Å². The molecule has 1 fully saturated rings. The molecule has 0 aliphatic carbocycles. The van der Waals surface area contributed by atoms with Gasteiger partial charge in [-0.1, -0.05) is 36.3 Å². The van der Waals surface area contributed by atoms with Gasteiger partial charge in [0.25, 0.3) is 0 Å². The highest BCUT2D eigenvalue weighted by atomic mass is 19.4. The molecular weight excluding hydrogens is 283 g/mol. The Labute approximate surface area is 120 Å². The van der Waals surface area contributed by atoms with Crippen molar-refractivity contribution in [3.63, 3.8) is 0 Å². The van der Waals surface area contributed by atoms with E-state index in [2.05, 4.69) is 0 Å². The number of likely N-dealkylation sites (tertiary alicyclic amines) is 1. The Hall–Kier alpha value is -2.16. The summed E-state index contributed by atoms with van der Waals surface area (Å²) >= 11 is 0. The van der Waals surface area contributed by atoms with Gasteiger partial charge >= 0.3 is 12.3 Å². The number of ether oxygens (including phenoxy) is 1. The Bertz CT molecular complexity index is 550. The molecule has 1 atom stereocenters. The highest BCUT2D eigenvalue weighted by molar-refractivity contribution is 5.70. The minimum Gasteiger partial charge on any atom is -0.445 e. The van der Waals surface area contributed by atoms with Crippen LogP contribution in [0.5, 0.6) is 0 Å². The number of rotatable bonds is 2. The van der Waals surface area contributed by atoms with Gasteiger partial charge in [0.15, 0.2) is 0 Å². The first-order valence-corrected chi connectivity index (χ1v) is 6.43. The van der Waals surface area contributed by atoms with Crippen molar-refractivity contribution < 1.29 is 22.7 Å². The summed E-state index contributed by atoms with van der Waals surface area (Å²) in [5, 5.41) is 0. The zero-order valence-corrected chi connectivity index (χ0v) is 11.2. The van der Waals surface area contributed by atoms with E-state index >= 15 is 0 Å². The predicted molar refractivity (Wildman–Crippen MR) is 70.2 cm³/mol. The Morgan fingerprint density at radius 1 is 1.38 bits per heavy atom. The van der Waals surface area contributed by atoms with Gasteiger partial charge in [0.1, 0.15) is 6.61 Å². The van der Waals surface area contributed by atoms with Gasteiger partial charge in [-0.2, -0.15) is 13.2 Å². The van der Waals surface area contributed by atoms with Gasteiger partial charge in [0, 0.05) is 6.54 Å². The van der Waals surface area contributed by atoms with E-state index in [0.29, 0.717) is 10.5 Å². The maximum Gasteiger partial charge on any atom is 0.423 e. The number of benzene rings is 1. The first-order valence-electron chi connectivity index (χ1n) is 6.43. The summed E-state index contributed by atoms with van der Waals surface area (Å²) in [6.45, 7) is -0.147. The summed E-state index contributed by atoms with van der Waals surface area (Å²) in [4.78, 5) is 12.6. The largest absolute Gasteiger partial charge is 0.445 e. The van der Waals surface area contributed by atoms with Crippen LogP contribution in [0.1, 0.15) is 18.4 Å². The summed E-state index contributed by atoms with van der Waals surface area (Å²) in [7, 11) is 0. The Morgan fingerprint density at radius 2 is 2.05 bits per heavy atom. The monoisotopic (exact) mass is 297 g/mol. The molecule has 1 heterocycles. The summed E-state index contributed by atoms with van der Waals surface area (Å²) in [6.07, 6.45) is -0.741. The molecule has 6 heteroatoms. The molecule has 112 valence electrons. The van der Waals surface area contributed by atoms with Gasteiger partial charge in [0.2, 0.25) is 5.54 Å². The number of carbonyl (C=O) groups is 1. The van der Waals surface area contributed by atoms with Gasteiger partial charge in [-0.25, -0.2) is 4.79 Å². The fourth-order valence-corrected chi connectivity index (χ4v) is 2.39. The van der Waals surface area contributed by atoms with Crippen molar-refractivity contribution in [2.24, 2.45) is 0 Å². The maximum atomic E-state index is 13.2. The van der Waals surface area contributed by atoms with Gasteiger partial charge < -0.3 is 4.74 Å². The summed E-state index contributed by atoms with van der Waals surface area (Å²) in [6, 6.07) is 8.73. The van der Waals surface area contributed by atoms with Crippen molar-refractivity contribution >= 4 is 6.09 Å². The van der Waals surface area contributed by atoms with Crippen LogP contribution in [0.25, 0.3) is 0 Å². The molecule has 2 rings (SSSR count). The van der Waals surface area contributed by atoms with Gasteiger partial charge in [-0.3, -0.25) is 4.90 Å².